The van der Waals surface area contributed by atoms with E-state index in [4.69, 9.17) is 4.74 Å². The largest absolute Gasteiger partial charge is 0.396 e. The van der Waals surface area contributed by atoms with Crippen molar-refractivity contribution in [1.29, 1.82) is 0 Å². The molecule has 1 aliphatic rings. The second kappa shape index (κ2) is 9.55. The van der Waals surface area contributed by atoms with Gasteiger partial charge in [0.15, 0.2) is 0 Å². The summed E-state index contributed by atoms with van der Waals surface area (Å²) in [6.45, 7) is 5.31. The van der Waals surface area contributed by atoms with Crippen molar-refractivity contribution >= 4 is 10.9 Å². The van der Waals surface area contributed by atoms with E-state index in [-0.39, 0.29) is 18.3 Å². The fourth-order valence-corrected chi connectivity index (χ4v) is 4.07. The number of nitrogens with zero attached hydrogens (tertiary/aromatic N) is 3. The standard InChI is InChI=1S/C21H30FN3O2/c1-24(8-9-27-2)11-16-10-17(15-26)13-25(12-16)14-19-7-6-18-4-3-5-20(22)21(18)23-19/h3-7,16-17,26H,8-15H2,1-2H3/t16-,17+/m1/s1. The summed E-state index contributed by atoms with van der Waals surface area (Å²) in [5, 5.41) is 10.5. The molecule has 5 nitrogen and oxygen atoms in total. The van der Waals surface area contributed by atoms with Gasteiger partial charge < -0.3 is 14.7 Å². The molecule has 0 unspecified atom stereocenters. The van der Waals surface area contributed by atoms with E-state index in [1.54, 1.807) is 13.2 Å². The predicted octanol–water partition coefficient (Wildman–Crippen LogP) is 2.38. The second-order valence-electron chi connectivity index (χ2n) is 7.71. The highest BCUT2D eigenvalue weighted by Gasteiger charge is 2.27. The molecule has 1 aromatic heterocycles. The zero-order chi connectivity index (χ0) is 19.2. The highest BCUT2D eigenvalue weighted by atomic mass is 19.1. The minimum Gasteiger partial charge on any atom is -0.396 e. The van der Waals surface area contributed by atoms with Gasteiger partial charge in [0, 0.05) is 51.8 Å². The second-order valence-corrected chi connectivity index (χ2v) is 7.71. The molecule has 1 fully saturated rings. The number of ether oxygens (including phenoxy) is 1. The number of hydrogen-bond donors (Lipinski definition) is 1. The Hall–Kier alpha value is -1.60. The number of piperidine rings is 1. The maximum Gasteiger partial charge on any atom is 0.149 e. The van der Waals surface area contributed by atoms with Gasteiger partial charge in [-0.3, -0.25) is 4.90 Å². The summed E-state index contributed by atoms with van der Waals surface area (Å²) in [6, 6.07) is 8.95. The number of aliphatic hydroxyl groups is 1. The Morgan fingerprint density at radius 3 is 2.85 bits per heavy atom. The van der Waals surface area contributed by atoms with Gasteiger partial charge in [-0.15, -0.1) is 0 Å². The van der Waals surface area contributed by atoms with E-state index in [1.165, 1.54) is 6.07 Å². The first-order valence-electron chi connectivity index (χ1n) is 9.64. The maximum absolute atomic E-state index is 14.0. The molecule has 1 aliphatic heterocycles. The van der Waals surface area contributed by atoms with Crippen molar-refractivity contribution in [1.82, 2.24) is 14.8 Å². The first-order chi connectivity index (χ1) is 13.1. The van der Waals surface area contributed by atoms with E-state index >= 15 is 0 Å². The quantitative estimate of drug-likeness (QED) is 0.768. The molecule has 148 valence electrons. The van der Waals surface area contributed by atoms with E-state index in [9.17, 15) is 9.50 Å². The van der Waals surface area contributed by atoms with Crippen LogP contribution in [0.25, 0.3) is 10.9 Å². The SMILES string of the molecule is COCCN(C)C[C@H]1C[C@H](CO)CN(Cc2ccc3cccc(F)c3n2)C1. The number of pyridine rings is 1. The van der Waals surface area contributed by atoms with Crippen molar-refractivity contribution in [3.8, 4) is 0 Å². The number of methoxy groups -OCH3 is 1. The molecule has 0 amide bonds. The van der Waals surface area contributed by atoms with Crippen LogP contribution in [0.5, 0.6) is 0 Å². The summed E-state index contributed by atoms with van der Waals surface area (Å²) in [7, 11) is 3.83. The topological polar surface area (TPSA) is 48.8 Å². The van der Waals surface area contributed by atoms with Crippen LogP contribution in [0, 0.1) is 17.7 Å². The molecule has 0 spiro atoms. The van der Waals surface area contributed by atoms with Gasteiger partial charge in [-0.25, -0.2) is 9.37 Å². The van der Waals surface area contributed by atoms with E-state index in [1.807, 2.05) is 18.2 Å². The number of benzene rings is 1. The third-order valence-electron chi connectivity index (χ3n) is 5.32. The molecule has 27 heavy (non-hydrogen) atoms. The zero-order valence-electron chi connectivity index (χ0n) is 16.3. The van der Waals surface area contributed by atoms with Gasteiger partial charge in [0.05, 0.1) is 12.3 Å². The molecule has 6 heteroatoms. The summed E-state index contributed by atoms with van der Waals surface area (Å²) < 4.78 is 19.2. The van der Waals surface area contributed by atoms with Crippen LogP contribution in [0.3, 0.4) is 0 Å². The van der Waals surface area contributed by atoms with E-state index in [2.05, 4.69) is 21.8 Å². The van der Waals surface area contributed by atoms with E-state index < -0.39 is 0 Å². The molecule has 2 aromatic rings. The Kier molecular flexibility index (Phi) is 7.13. The lowest BCUT2D eigenvalue weighted by Crippen LogP contribution is -2.45. The number of aliphatic hydroxyl groups excluding tert-OH is 1. The summed E-state index contributed by atoms with van der Waals surface area (Å²) in [5.41, 5.74) is 1.30. The molecule has 1 saturated heterocycles. The molecule has 0 saturated carbocycles. The highest BCUT2D eigenvalue weighted by Crippen LogP contribution is 2.24. The Morgan fingerprint density at radius 2 is 2.07 bits per heavy atom. The van der Waals surface area contributed by atoms with Crippen LogP contribution in [0.1, 0.15) is 12.1 Å². The number of para-hydroxylation sites is 1. The van der Waals surface area contributed by atoms with Gasteiger partial charge in [0.2, 0.25) is 0 Å². The number of likely N-dealkylation sites (tertiary alicyclic amines) is 1. The summed E-state index contributed by atoms with van der Waals surface area (Å²) in [5.74, 6) is 0.491. The summed E-state index contributed by atoms with van der Waals surface area (Å²) >= 11 is 0. The van der Waals surface area contributed by atoms with Crippen molar-refractivity contribution in [3.05, 3.63) is 41.8 Å². The van der Waals surface area contributed by atoms with Crippen LogP contribution in [-0.4, -0.2) is 73.4 Å². The lowest BCUT2D eigenvalue weighted by Gasteiger charge is -2.38. The lowest BCUT2D eigenvalue weighted by atomic mass is 9.89. The normalized spacial score (nSPS) is 21.2. The lowest BCUT2D eigenvalue weighted by molar-refractivity contribution is 0.0609. The molecule has 3 rings (SSSR count). The minimum absolute atomic E-state index is 0.203. The van der Waals surface area contributed by atoms with Crippen LogP contribution in [0.15, 0.2) is 30.3 Å². The van der Waals surface area contributed by atoms with Crippen molar-refractivity contribution < 1.29 is 14.2 Å². The Bertz CT molecular complexity index is 742. The number of rotatable bonds is 8. The van der Waals surface area contributed by atoms with Gasteiger partial charge in [-0.1, -0.05) is 18.2 Å². The summed E-state index contributed by atoms with van der Waals surface area (Å²) in [4.78, 5) is 9.17. The molecule has 2 atom stereocenters. The Labute approximate surface area is 160 Å². The number of fused-ring (bicyclic) bond motifs is 1. The molecule has 0 aliphatic carbocycles. The third-order valence-corrected chi connectivity index (χ3v) is 5.32. The van der Waals surface area contributed by atoms with Crippen LogP contribution < -0.4 is 0 Å². The molecular weight excluding hydrogens is 345 g/mol. The van der Waals surface area contributed by atoms with Gasteiger partial charge in [0.25, 0.3) is 0 Å². The zero-order valence-corrected chi connectivity index (χ0v) is 16.3. The minimum atomic E-state index is -0.279. The van der Waals surface area contributed by atoms with Gasteiger partial charge >= 0.3 is 0 Å². The highest BCUT2D eigenvalue weighted by molar-refractivity contribution is 5.79. The van der Waals surface area contributed by atoms with Gasteiger partial charge in [-0.2, -0.15) is 0 Å². The van der Waals surface area contributed by atoms with Crippen molar-refractivity contribution in [2.24, 2.45) is 11.8 Å². The van der Waals surface area contributed by atoms with Crippen LogP contribution >= 0.6 is 0 Å². The molecular formula is C21H30FN3O2. The third kappa shape index (κ3) is 5.45. The monoisotopic (exact) mass is 375 g/mol. The first kappa shape index (κ1) is 20.1. The van der Waals surface area contributed by atoms with Crippen molar-refractivity contribution in [2.45, 2.75) is 13.0 Å². The molecule has 2 heterocycles. The average Bonchev–Trinajstić information content (AvgIpc) is 2.67. The van der Waals surface area contributed by atoms with Crippen molar-refractivity contribution in [3.63, 3.8) is 0 Å². The van der Waals surface area contributed by atoms with Gasteiger partial charge in [0.1, 0.15) is 11.3 Å². The van der Waals surface area contributed by atoms with E-state index in [0.717, 1.165) is 50.3 Å². The maximum atomic E-state index is 14.0. The van der Waals surface area contributed by atoms with Crippen LogP contribution in [-0.2, 0) is 11.3 Å². The number of halogens is 1. The predicted molar refractivity (Wildman–Crippen MR) is 105 cm³/mol. The molecule has 0 radical (unpaired) electrons. The fourth-order valence-electron chi connectivity index (χ4n) is 4.07. The Balaban J connectivity index is 1.67. The summed E-state index contributed by atoms with van der Waals surface area (Å²) in [6.07, 6.45) is 1.03. The first-order valence-corrected chi connectivity index (χ1v) is 9.64. The van der Waals surface area contributed by atoms with Gasteiger partial charge in [-0.05, 0) is 37.4 Å². The smallest absolute Gasteiger partial charge is 0.149 e. The number of aromatic nitrogens is 1. The molecule has 0 bridgehead atoms. The van der Waals surface area contributed by atoms with Crippen LogP contribution in [0.2, 0.25) is 0 Å². The average molecular weight is 375 g/mol. The van der Waals surface area contributed by atoms with Crippen LogP contribution in [0.4, 0.5) is 4.39 Å². The number of likely N-dealkylation sites (N-methyl/N-ethyl adjacent to an activating group) is 1. The fraction of sp³-hybridized carbons (Fsp3) is 0.571. The van der Waals surface area contributed by atoms with E-state index in [0.29, 0.717) is 18.0 Å². The molecule has 1 N–H and O–H groups in total. The molecule has 1 aromatic carbocycles. The van der Waals surface area contributed by atoms with Crippen molar-refractivity contribution in [2.75, 3.05) is 53.6 Å². The number of hydrogen-bond acceptors (Lipinski definition) is 5. The Morgan fingerprint density at radius 1 is 1.26 bits per heavy atom.